The molecule has 40 valence electrons. The largest absolute Gasteiger partial charge is 0.299 e. The van der Waals surface area contributed by atoms with Gasteiger partial charge < -0.3 is 0 Å². The molecule has 0 bridgehead atoms. The van der Waals surface area contributed by atoms with Gasteiger partial charge in [0.1, 0.15) is 12.5 Å². The molecule has 0 heterocycles. The monoisotopic (exact) mass is 100 g/mol. The summed E-state index contributed by atoms with van der Waals surface area (Å²) in [6.45, 7) is 5.08. The predicted octanol–water partition coefficient (Wildman–Crippen LogP) is 1.61. The van der Waals surface area contributed by atoms with Crippen LogP contribution in [0.25, 0.3) is 0 Å². The molecule has 0 aliphatic rings. The summed E-state index contributed by atoms with van der Waals surface area (Å²) >= 11 is 0. The van der Waals surface area contributed by atoms with E-state index in [4.69, 9.17) is 0 Å². The smallest absolute Gasteiger partial charge is 0.138 e. The van der Waals surface area contributed by atoms with E-state index in [1.54, 1.807) is 6.08 Å². The van der Waals surface area contributed by atoms with Gasteiger partial charge in [0, 0.05) is 0 Å². The van der Waals surface area contributed by atoms with Gasteiger partial charge >= 0.3 is 0 Å². The molecule has 7 heavy (non-hydrogen) atoms. The first-order valence-electron chi connectivity index (χ1n) is 1.96. The Hall–Kier alpha value is -0.920. The lowest BCUT2D eigenvalue weighted by molar-refractivity contribution is -0.195. The van der Waals surface area contributed by atoms with Crippen molar-refractivity contribution in [2.75, 3.05) is 0 Å². The van der Waals surface area contributed by atoms with Crippen molar-refractivity contribution in [3.8, 4) is 0 Å². The third kappa shape index (κ3) is 5.08. The van der Waals surface area contributed by atoms with Crippen LogP contribution in [-0.4, -0.2) is 0 Å². The second-order valence-electron chi connectivity index (χ2n) is 0.829. The minimum Gasteiger partial charge on any atom is -0.299 e. The number of hydrogen-bond donors (Lipinski definition) is 0. The van der Waals surface area contributed by atoms with E-state index in [1.165, 1.54) is 12.5 Å². The quantitative estimate of drug-likeness (QED) is 0.232. The van der Waals surface area contributed by atoms with Gasteiger partial charge in [-0.05, 0) is 13.0 Å². The average molecular weight is 100 g/mol. The lowest BCUT2D eigenvalue weighted by atomic mass is 10.7. The Morgan fingerprint density at radius 3 is 2.57 bits per heavy atom. The van der Waals surface area contributed by atoms with Crippen LogP contribution in [0.3, 0.4) is 0 Å². The Kier molecular flexibility index (Phi) is 4.41. The first kappa shape index (κ1) is 6.08. The summed E-state index contributed by atoms with van der Waals surface area (Å²) in [4.78, 5) is 8.58. The molecule has 0 spiro atoms. The Morgan fingerprint density at radius 1 is 1.43 bits per heavy atom. The van der Waals surface area contributed by atoms with Crippen LogP contribution in [0.15, 0.2) is 25.2 Å². The molecule has 0 saturated carbocycles. The maximum atomic E-state index is 4.33. The Labute approximate surface area is 43.0 Å². The van der Waals surface area contributed by atoms with Crippen molar-refractivity contribution in [1.29, 1.82) is 0 Å². The molecule has 0 amide bonds. The molecular formula is C5H8O2. The van der Waals surface area contributed by atoms with E-state index < -0.39 is 0 Å². The highest BCUT2D eigenvalue weighted by molar-refractivity contribution is 4.63. The van der Waals surface area contributed by atoms with Crippen molar-refractivity contribution in [2.24, 2.45) is 0 Å². The molecule has 0 unspecified atom stereocenters. The molecule has 0 aromatic carbocycles. The van der Waals surface area contributed by atoms with Crippen LogP contribution in [0.2, 0.25) is 0 Å². The lowest BCUT2D eigenvalue weighted by Crippen LogP contribution is -1.71. The van der Waals surface area contributed by atoms with Crippen LogP contribution in [-0.2, 0) is 9.78 Å². The molecule has 0 saturated heterocycles. The van der Waals surface area contributed by atoms with Crippen molar-refractivity contribution in [2.45, 2.75) is 6.92 Å². The summed E-state index contributed by atoms with van der Waals surface area (Å²) in [5.74, 6) is 0. The SMILES string of the molecule is C=COO/C=C/C. The minimum atomic E-state index is 1.21. The van der Waals surface area contributed by atoms with E-state index >= 15 is 0 Å². The lowest BCUT2D eigenvalue weighted by Gasteiger charge is -1.89. The number of allylic oxidation sites excluding steroid dienone is 1. The summed E-state index contributed by atoms with van der Waals surface area (Å²) < 4.78 is 0. The maximum absolute atomic E-state index is 4.33. The van der Waals surface area contributed by atoms with Gasteiger partial charge in [0.25, 0.3) is 0 Å². The van der Waals surface area contributed by atoms with Gasteiger partial charge in [-0.3, -0.25) is 9.78 Å². The van der Waals surface area contributed by atoms with Gasteiger partial charge in [-0.1, -0.05) is 6.58 Å². The average Bonchev–Trinajstić information content (AvgIpc) is 1.69. The normalized spacial score (nSPS) is 8.71. The van der Waals surface area contributed by atoms with Crippen molar-refractivity contribution in [3.63, 3.8) is 0 Å². The van der Waals surface area contributed by atoms with Crippen LogP contribution in [0.1, 0.15) is 6.92 Å². The summed E-state index contributed by atoms with van der Waals surface area (Å²) in [5, 5.41) is 0. The highest BCUT2D eigenvalue weighted by Gasteiger charge is 1.62. The number of rotatable bonds is 3. The molecule has 0 aromatic rings. The van der Waals surface area contributed by atoms with E-state index in [1.807, 2.05) is 6.92 Å². The third-order valence-corrected chi connectivity index (χ3v) is 0.315. The first-order chi connectivity index (χ1) is 3.41. The van der Waals surface area contributed by atoms with Crippen LogP contribution in [0.4, 0.5) is 0 Å². The Bertz CT molecular complexity index is 66.5. The zero-order valence-corrected chi connectivity index (χ0v) is 4.26. The first-order valence-corrected chi connectivity index (χ1v) is 1.96. The van der Waals surface area contributed by atoms with Crippen LogP contribution in [0, 0.1) is 0 Å². The summed E-state index contributed by atoms with van der Waals surface area (Å²) in [7, 11) is 0. The zero-order valence-electron chi connectivity index (χ0n) is 4.26. The molecule has 0 N–H and O–H groups in total. The molecule has 2 heteroatoms. The Balaban J connectivity index is 2.82. The number of hydrogen-bond acceptors (Lipinski definition) is 2. The zero-order chi connectivity index (χ0) is 5.54. The molecule has 0 rings (SSSR count). The van der Waals surface area contributed by atoms with Gasteiger partial charge in [-0.25, -0.2) is 0 Å². The van der Waals surface area contributed by atoms with Crippen LogP contribution in [0.5, 0.6) is 0 Å². The van der Waals surface area contributed by atoms with Crippen molar-refractivity contribution >= 4 is 0 Å². The standard InChI is InChI=1S/C5H8O2/c1-3-5-7-6-4-2/h3-5H,2H2,1H3/b5-3+. The molecule has 0 aliphatic carbocycles. The van der Waals surface area contributed by atoms with Gasteiger partial charge in [0.05, 0.1) is 0 Å². The van der Waals surface area contributed by atoms with Gasteiger partial charge in [-0.2, -0.15) is 0 Å². The predicted molar refractivity (Wildman–Crippen MR) is 27.2 cm³/mol. The van der Waals surface area contributed by atoms with Crippen LogP contribution >= 0.6 is 0 Å². The van der Waals surface area contributed by atoms with E-state index in [9.17, 15) is 0 Å². The van der Waals surface area contributed by atoms with Gasteiger partial charge in [-0.15, -0.1) is 0 Å². The Morgan fingerprint density at radius 2 is 2.14 bits per heavy atom. The highest BCUT2D eigenvalue weighted by Crippen LogP contribution is 1.77. The molecule has 0 fully saturated rings. The molecule has 0 radical (unpaired) electrons. The third-order valence-electron chi connectivity index (χ3n) is 0.315. The maximum Gasteiger partial charge on any atom is 0.138 e. The second-order valence-corrected chi connectivity index (χ2v) is 0.829. The summed E-state index contributed by atoms with van der Waals surface area (Å²) in [5.41, 5.74) is 0. The fraction of sp³-hybridized carbons (Fsp3) is 0.200. The van der Waals surface area contributed by atoms with E-state index in [2.05, 4.69) is 16.4 Å². The van der Waals surface area contributed by atoms with Crippen molar-refractivity contribution in [3.05, 3.63) is 25.2 Å². The van der Waals surface area contributed by atoms with Gasteiger partial charge in [0.15, 0.2) is 0 Å². The molecular weight excluding hydrogens is 92.1 g/mol. The van der Waals surface area contributed by atoms with E-state index in [0.29, 0.717) is 0 Å². The second kappa shape index (κ2) is 5.08. The fourth-order valence-corrected chi connectivity index (χ4v) is 0.127. The summed E-state index contributed by atoms with van der Waals surface area (Å²) in [6.07, 6.45) is 4.34. The van der Waals surface area contributed by atoms with E-state index in [-0.39, 0.29) is 0 Å². The summed E-state index contributed by atoms with van der Waals surface area (Å²) in [6, 6.07) is 0. The van der Waals surface area contributed by atoms with Crippen molar-refractivity contribution < 1.29 is 9.78 Å². The van der Waals surface area contributed by atoms with Crippen molar-refractivity contribution in [1.82, 2.24) is 0 Å². The molecule has 0 aliphatic heterocycles. The molecule has 2 nitrogen and oxygen atoms in total. The highest BCUT2D eigenvalue weighted by atomic mass is 17.2. The minimum absolute atomic E-state index is 1.21. The topological polar surface area (TPSA) is 18.5 Å². The van der Waals surface area contributed by atoms with E-state index in [0.717, 1.165) is 0 Å². The molecule has 0 atom stereocenters. The fourth-order valence-electron chi connectivity index (χ4n) is 0.127. The van der Waals surface area contributed by atoms with Crippen LogP contribution < -0.4 is 0 Å². The molecule has 0 aromatic heterocycles. The van der Waals surface area contributed by atoms with Gasteiger partial charge in [0.2, 0.25) is 0 Å².